The highest BCUT2D eigenvalue weighted by molar-refractivity contribution is 6.15. The van der Waals surface area contributed by atoms with Crippen molar-refractivity contribution in [2.24, 2.45) is 0 Å². The van der Waals surface area contributed by atoms with Crippen molar-refractivity contribution >= 4 is 49.8 Å². The zero-order valence-electron chi connectivity index (χ0n) is 32.9. The lowest BCUT2D eigenvalue weighted by Crippen LogP contribution is -2.10. The van der Waals surface area contributed by atoms with Crippen LogP contribution in [0.1, 0.15) is 0 Å². The summed E-state index contributed by atoms with van der Waals surface area (Å²) in [6, 6.07) is 84.8. The van der Waals surface area contributed by atoms with Crippen LogP contribution >= 0.6 is 0 Å². The Balaban J connectivity index is 0.950. The van der Waals surface area contributed by atoms with Crippen LogP contribution in [-0.4, -0.2) is 0 Å². The van der Waals surface area contributed by atoms with Crippen LogP contribution in [0.3, 0.4) is 0 Å². The molecule has 2 nitrogen and oxygen atoms in total. The van der Waals surface area contributed by atoms with Gasteiger partial charge in [-0.3, -0.25) is 0 Å². The van der Waals surface area contributed by atoms with Crippen molar-refractivity contribution < 1.29 is 4.42 Å². The maximum atomic E-state index is 6.43. The number of benzene rings is 10. The Bertz CT molecular complexity index is 3260. The third-order valence-corrected chi connectivity index (χ3v) is 11.7. The minimum Gasteiger partial charge on any atom is -0.455 e. The van der Waals surface area contributed by atoms with Crippen LogP contribution in [0.4, 0.5) is 17.1 Å². The fourth-order valence-electron chi connectivity index (χ4n) is 8.53. The second-order valence-electron chi connectivity index (χ2n) is 15.3. The summed E-state index contributed by atoms with van der Waals surface area (Å²) in [5.41, 5.74) is 17.0. The SMILES string of the molecule is c1ccc(-c2ccc(-c3ccc(N(c4ccc(-c5ccc6oc7c8ccccc8ccc7c6c5)cc4)c4cccc(-c5ccc(-c6ccccc6)cc5)c4)cc3)cc2)cc1. The van der Waals surface area contributed by atoms with E-state index in [0.717, 1.165) is 61.1 Å². The summed E-state index contributed by atoms with van der Waals surface area (Å²) in [6.45, 7) is 0. The van der Waals surface area contributed by atoms with Crippen LogP contribution in [0.5, 0.6) is 0 Å². The van der Waals surface area contributed by atoms with E-state index in [1.54, 1.807) is 0 Å². The molecule has 0 spiro atoms. The van der Waals surface area contributed by atoms with Gasteiger partial charge in [-0.1, -0.05) is 182 Å². The monoisotopic (exact) mass is 765 g/mol. The second-order valence-corrected chi connectivity index (χ2v) is 15.3. The van der Waals surface area contributed by atoms with E-state index in [0.29, 0.717) is 0 Å². The highest BCUT2D eigenvalue weighted by Crippen LogP contribution is 2.40. The first kappa shape index (κ1) is 35.2. The molecule has 1 heterocycles. The number of nitrogens with zero attached hydrogens (tertiary/aromatic N) is 1. The second kappa shape index (κ2) is 15.1. The van der Waals surface area contributed by atoms with Crippen LogP contribution in [0, 0.1) is 0 Å². The highest BCUT2D eigenvalue weighted by Gasteiger charge is 2.16. The molecule has 0 saturated carbocycles. The van der Waals surface area contributed by atoms with E-state index in [-0.39, 0.29) is 0 Å². The van der Waals surface area contributed by atoms with Crippen LogP contribution in [-0.2, 0) is 0 Å². The van der Waals surface area contributed by atoms with E-state index in [1.165, 1.54) is 44.3 Å². The van der Waals surface area contributed by atoms with Gasteiger partial charge < -0.3 is 9.32 Å². The quantitative estimate of drug-likeness (QED) is 0.153. The van der Waals surface area contributed by atoms with Gasteiger partial charge >= 0.3 is 0 Å². The van der Waals surface area contributed by atoms with E-state index >= 15 is 0 Å². The topological polar surface area (TPSA) is 16.4 Å². The molecule has 0 saturated heterocycles. The number of hydrogen-bond donors (Lipinski definition) is 0. The Morgan fingerprint density at radius 2 is 0.683 bits per heavy atom. The van der Waals surface area contributed by atoms with Crippen molar-refractivity contribution in [1.29, 1.82) is 0 Å². The Morgan fingerprint density at radius 3 is 1.25 bits per heavy atom. The van der Waals surface area contributed by atoms with E-state index < -0.39 is 0 Å². The average molecular weight is 766 g/mol. The molecule has 0 aliphatic rings. The molecule has 2 heteroatoms. The average Bonchev–Trinajstić information content (AvgIpc) is 3.72. The molecule has 0 fully saturated rings. The van der Waals surface area contributed by atoms with Crippen LogP contribution < -0.4 is 4.90 Å². The summed E-state index contributed by atoms with van der Waals surface area (Å²) >= 11 is 0. The molecular formula is C58H39NO. The smallest absolute Gasteiger partial charge is 0.143 e. The van der Waals surface area contributed by atoms with Gasteiger partial charge in [0.1, 0.15) is 11.2 Å². The molecule has 0 radical (unpaired) electrons. The van der Waals surface area contributed by atoms with Crippen molar-refractivity contribution in [1.82, 2.24) is 0 Å². The van der Waals surface area contributed by atoms with Gasteiger partial charge in [-0.2, -0.15) is 0 Å². The van der Waals surface area contributed by atoms with Gasteiger partial charge in [0.25, 0.3) is 0 Å². The molecule has 0 aliphatic carbocycles. The van der Waals surface area contributed by atoms with Crippen molar-refractivity contribution in [3.8, 4) is 55.6 Å². The molecule has 1 aromatic heterocycles. The zero-order chi connectivity index (χ0) is 39.8. The van der Waals surface area contributed by atoms with Crippen molar-refractivity contribution in [2.45, 2.75) is 0 Å². The highest BCUT2D eigenvalue weighted by atomic mass is 16.3. The Labute approximate surface area is 349 Å². The number of anilines is 3. The lowest BCUT2D eigenvalue weighted by atomic mass is 9.99. The maximum Gasteiger partial charge on any atom is 0.143 e. The van der Waals surface area contributed by atoms with Crippen LogP contribution in [0.15, 0.2) is 241 Å². The van der Waals surface area contributed by atoms with Gasteiger partial charge in [-0.05, 0) is 116 Å². The third-order valence-electron chi connectivity index (χ3n) is 11.7. The lowest BCUT2D eigenvalue weighted by molar-refractivity contribution is 0.672. The fourth-order valence-corrected chi connectivity index (χ4v) is 8.53. The predicted molar refractivity (Wildman–Crippen MR) is 253 cm³/mol. The summed E-state index contributed by atoms with van der Waals surface area (Å²) in [7, 11) is 0. The molecule has 0 N–H and O–H groups in total. The fraction of sp³-hybridized carbons (Fsp3) is 0. The number of rotatable bonds is 8. The Kier molecular flexibility index (Phi) is 8.87. The molecule has 0 bridgehead atoms. The number of furan rings is 1. The van der Waals surface area contributed by atoms with E-state index in [9.17, 15) is 0 Å². The summed E-state index contributed by atoms with van der Waals surface area (Å²) < 4.78 is 6.43. The Morgan fingerprint density at radius 1 is 0.250 bits per heavy atom. The van der Waals surface area contributed by atoms with Gasteiger partial charge in [0, 0.05) is 33.2 Å². The molecule has 10 aromatic carbocycles. The van der Waals surface area contributed by atoms with E-state index in [2.05, 4.69) is 241 Å². The minimum atomic E-state index is 0.901. The van der Waals surface area contributed by atoms with E-state index in [1.807, 2.05) is 0 Å². The van der Waals surface area contributed by atoms with Crippen molar-refractivity contribution in [3.63, 3.8) is 0 Å². The molecule has 282 valence electrons. The third kappa shape index (κ3) is 6.61. The predicted octanol–water partition coefficient (Wildman–Crippen LogP) is 16.5. The summed E-state index contributed by atoms with van der Waals surface area (Å²) in [6.07, 6.45) is 0. The maximum absolute atomic E-state index is 6.43. The summed E-state index contributed by atoms with van der Waals surface area (Å²) in [4.78, 5) is 2.35. The molecule has 60 heavy (non-hydrogen) atoms. The molecular weight excluding hydrogens is 727 g/mol. The largest absolute Gasteiger partial charge is 0.455 e. The summed E-state index contributed by atoms with van der Waals surface area (Å²) in [5.74, 6) is 0. The lowest BCUT2D eigenvalue weighted by Gasteiger charge is -2.26. The number of fused-ring (bicyclic) bond motifs is 5. The minimum absolute atomic E-state index is 0.901. The van der Waals surface area contributed by atoms with Crippen LogP contribution in [0.2, 0.25) is 0 Å². The normalized spacial score (nSPS) is 11.3. The molecule has 11 aromatic rings. The standard InChI is InChI=1S/C58H39NO/c1-3-10-40(11-4-1)42-18-20-44(21-19-42)45-26-32-51(33-27-45)59(53-16-9-15-49(38-53)46-24-22-43(23-25-46)41-12-5-2-6-13-41)52-34-28-47(29-35-52)50-31-37-57-56(39-50)55-36-30-48-14-7-8-17-54(48)58(55)60-57/h1-39H. The first-order chi connectivity index (χ1) is 29.7. The molecule has 0 unspecified atom stereocenters. The molecule has 0 aliphatic heterocycles. The van der Waals surface area contributed by atoms with Gasteiger partial charge in [0.15, 0.2) is 0 Å². The van der Waals surface area contributed by atoms with E-state index in [4.69, 9.17) is 4.42 Å². The first-order valence-electron chi connectivity index (χ1n) is 20.5. The summed E-state index contributed by atoms with van der Waals surface area (Å²) in [5, 5.41) is 4.59. The molecule has 11 rings (SSSR count). The van der Waals surface area contributed by atoms with Crippen molar-refractivity contribution in [3.05, 3.63) is 237 Å². The number of hydrogen-bond acceptors (Lipinski definition) is 2. The first-order valence-corrected chi connectivity index (χ1v) is 20.5. The van der Waals surface area contributed by atoms with Gasteiger partial charge in [-0.25, -0.2) is 0 Å². The van der Waals surface area contributed by atoms with Gasteiger partial charge in [-0.15, -0.1) is 0 Å². The van der Waals surface area contributed by atoms with Gasteiger partial charge in [0.2, 0.25) is 0 Å². The van der Waals surface area contributed by atoms with Crippen molar-refractivity contribution in [2.75, 3.05) is 4.90 Å². The van der Waals surface area contributed by atoms with Crippen LogP contribution in [0.25, 0.3) is 88.3 Å². The Hall–Kier alpha value is -7.94. The zero-order valence-corrected chi connectivity index (χ0v) is 32.9. The molecule has 0 amide bonds. The van der Waals surface area contributed by atoms with Gasteiger partial charge in [0.05, 0.1) is 0 Å². The molecule has 0 atom stereocenters.